The number of nitrogens with one attached hydrogen (secondary N) is 1. The SMILES string of the molecule is O=C(COc1ccc([N+](=O)[O-])cc1Cl)Nc1ccccc1SC(F)F. The Balaban J connectivity index is 1.99. The first-order valence-electron chi connectivity index (χ1n) is 6.77. The van der Waals surface area contributed by atoms with E-state index in [2.05, 4.69) is 5.32 Å². The third kappa shape index (κ3) is 5.57. The predicted octanol–water partition coefficient (Wildman–Crippen LogP) is 4.58. The summed E-state index contributed by atoms with van der Waals surface area (Å²) in [7, 11) is 0. The molecule has 0 unspecified atom stereocenters. The van der Waals surface area contributed by atoms with Crippen LogP contribution in [0.3, 0.4) is 0 Å². The first kappa shape index (κ1) is 18.9. The van der Waals surface area contributed by atoms with Gasteiger partial charge >= 0.3 is 0 Å². The highest BCUT2D eigenvalue weighted by molar-refractivity contribution is 7.99. The molecule has 25 heavy (non-hydrogen) atoms. The largest absolute Gasteiger partial charge is 0.482 e. The van der Waals surface area contributed by atoms with Crippen LogP contribution in [0.1, 0.15) is 0 Å². The van der Waals surface area contributed by atoms with Crippen LogP contribution in [0.2, 0.25) is 5.02 Å². The molecule has 0 saturated carbocycles. The van der Waals surface area contributed by atoms with Crippen LogP contribution in [-0.2, 0) is 4.79 Å². The van der Waals surface area contributed by atoms with E-state index >= 15 is 0 Å². The van der Waals surface area contributed by atoms with Crippen molar-refractivity contribution in [2.45, 2.75) is 10.7 Å². The van der Waals surface area contributed by atoms with Crippen LogP contribution in [0.25, 0.3) is 0 Å². The Bertz CT molecular complexity index is 792. The molecule has 0 aromatic heterocycles. The summed E-state index contributed by atoms with van der Waals surface area (Å²) in [6, 6.07) is 9.68. The maximum Gasteiger partial charge on any atom is 0.288 e. The number of amides is 1. The molecule has 0 heterocycles. The highest BCUT2D eigenvalue weighted by Crippen LogP contribution is 2.32. The van der Waals surface area contributed by atoms with E-state index in [9.17, 15) is 23.7 Å². The number of non-ortho nitro benzene ring substituents is 1. The molecule has 0 aliphatic carbocycles. The number of nitro groups is 1. The summed E-state index contributed by atoms with van der Waals surface area (Å²) < 4.78 is 30.2. The van der Waals surface area contributed by atoms with Gasteiger partial charge < -0.3 is 10.1 Å². The van der Waals surface area contributed by atoms with Crippen LogP contribution < -0.4 is 10.1 Å². The Labute approximate surface area is 150 Å². The Morgan fingerprint density at radius 1 is 1.32 bits per heavy atom. The van der Waals surface area contributed by atoms with Crippen LogP contribution in [0, 0.1) is 10.1 Å². The zero-order chi connectivity index (χ0) is 18.4. The molecule has 0 spiro atoms. The van der Waals surface area contributed by atoms with Crippen molar-refractivity contribution in [2.24, 2.45) is 0 Å². The normalized spacial score (nSPS) is 10.6. The van der Waals surface area contributed by atoms with Gasteiger partial charge in [0.05, 0.1) is 15.6 Å². The number of anilines is 1. The van der Waals surface area contributed by atoms with Gasteiger partial charge in [-0.2, -0.15) is 8.78 Å². The maximum absolute atomic E-state index is 12.5. The van der Waals surface area contributed by atoms with Crippen LogP contribution in [0.15, 0.2) is 47.4 Å². The van der Waals surface area contributed by atoms with Crippen molar-refractivity contribution in [1.29, 1.82) is 0 Å². The van der Waals surface area contributed by atoms with Crippen LogP contribution in [0.4, 0.5) is 20.2 Å². The van der Waals surface area contributed by atoms with E-state index in [-0.39, 0.29) is 27.0 Å². The van der Waals surface area contributed by atoms with Crippen molar-refractivity contribution in [1.82, 2.24) is 0 Å². The molecule has 0 aliphatic heterocycles. The second-order valence-corrected chi connectivity index (χ2v) is 6.02. The zero-order valence-corrected chi connectivity index (χ0v) is 14.0. The van der Waals surface area contributed by atoms with Gasteiger partial charge in [-0.25, -0.2) is 0 Å². The molecule has 132 valence electrons. The number of carbonyl (C=O) groups is 1. The first-order chi connectivity index (χ1) is 11.9. The molecular weight excluding hydrogens is 378 g/mol. The van der Waals surface area contributed by atoms with Gasteiger partial charge in [-0.05, 0) is 18.2 Å². The Hall–Kier alpha value is -2.39. The number of para-hydroxylation sites is 1. The van der Waals surface area contributed by atoms with Crippen molar-refractivity contribution < 1.29 is 23.2 Å². The first-order valence-corrected chi connectivity index (χ1v) is 8.03. The van der Waals surface area contributed by atoms with Gasteiger partial charge in [0.15, 0.2) is 6.61 Å². The van der Waals surface area contributed by atoms with Gasteiger partial charge in [-0.1, -0.05) is 35.5 Å². The molecular formula is C15H11ClF2N2O4S. The van der Waals surface area contributed by atoms with Gasteiger partial charge in [0, 0.05) is 17.0 Å². The fraction of sp³-hybridized carbons (Fsp3) is 0.133. The lowest BCUT2D eigenvalue weighted by atomic mass is 10.3. The highest BCUT2D eigenvalue weighted by atomic mass is 35.5. The standard InChI is InChI=1S/C15H11ClF2N2O4S/c16-10-7-9(20(22)23)5-6-12(10)24-8-14(21)19-11-3-1-2-4-13(11)25-15(17)18/h1-7,15H,8H2,(H,19,21). The van der Waals surface area contributed by atoms with Crippen molar-refractivity contribution >= 4 is 40.6 Å². The number of nitrogens with zero attached hydrogens (tertiary/aromatic N) is 1. The number of hydrogen-bond acceptors (Lipinski definition) is 5. The summed E-state index contributed by atoms with van der Waals surface area (Å²) in [4.78, 5) is 22.2. The Morgan fingerprint density at radius 3 is 2.68 bits per heavy atom. The van der Waals surface area contributed by atoms with Gasteiger partial charge in [-0.15, -0.1) is 0 Å². The van der Waals surface area contributed by atoms with E-state index in [0.29, 0.717) is 11.8 Å². The summed E-state index contributed by atoms with van der Waals surface area (Å²) in [6.07, 6.45) is 0. The smallest absolute Gasteiger partial charge is 0.288 e. The van der Waals surface area contributed by atoms with Crippen molar-refractivity contribution in [2.75, 3.05) is 11.9 Å². The number of benzene rings is 2. The molecule has 2 aromatic rings. The quantitative estimate of drug-likeness (QED) is 0.426. The molecule has 0 aliphatic rings. The Kier molecular flexibility index (Phi) is 6.54. The number of alkyl halides is 2. The number of nitro benzene ring substituents is 1. The number of hydrogen-bond donors (Lipinski definition) is 1. The molecule has 10 heteroatoms. The van der Waals surface area contributed by atoms with Crippen molar-refractivity contribution in [3.05, 3.63) is 57.6 Å². The van der Waals surface area contributed by atoms with E-state index < -0.39 is 23.2 Å². The molecule has 0 fully saturated rings. The molecule has 0 atom stereocenters. The molecule has 0 saturated heterocycles. The topological polar surface area (TPSA) is 81.5 Å². The minimum absolute atomic E-state index is 0.0179. The summed E-state index contributed by atoms with van der Waals surface area (Å²) in [6.45, 7) is -0.439. The number of rotatable bonds is 7. The van der Waals surface area contributed by atoms with E-state index in [1.807, 2.05) is 0 Å². The van der Waals surface area contributed by atoms with E-state index in [4.69, 9.17) is 16.3 Å². The van der Waals surface area contributed by atoms with Crippen LogP contribution in [0.5, 0.6) is 5.75 Å². The molecule has 1 N–H and O–H groups in total. The van der Waals surface area contributed by atoms with Crippen LogP contribution >= 0.6 is 23.4 Å². The summed E-state index contributed by atoms with van der Waals surface area (Å²) >= 11 is 6.17. The highest BCUT2D eigenvalue weighted by Gasteiger charge is 2.14. The minimum atomic E-state index is -2.62. The second kappa shape index (κ2) is 8.63. The van der Waals surface area contributed by atoms with Crippen molar-refractivity contribution in [3.8, 4) is 5.75 Å². The lowest BCUT2D eigenvalue weighted by molar-refractivity contribution is -0.384. The lowest BCUT2D eigenvalue weighted by Crippen LogP contribution is -2.20. The second-order valence-electron chi connectivity index (χ2n) is 4.58. The molecule has 0 radical (unpaired) electrons. The number of ether oxygens (including phenoxy) is 1. The van der Waals surface area contributed by atoms with E-state index in [1.54, 1.807) is 12.1 Å². The fourth-order valence-electron chi connectivity index (χ4n) is 1.82. The van der Waals surface area contributed by atoms with E-state index in [0.717, 1.165) is 6.07 Å². The third-order valence-corrected chi connectivity index (χ3v) is 3.95. The predicted molar refractivity (Wildman–Crippen MR) is 90.5 cm³/mol. The number of carbonyl (C=O) groups excluding carboxylic acids is 1. The van der Waals surface area contributed by atoms with Gasteiger partial charge in [-0.3, -0.25) is 14.9 Å². The van der Waals surface area contributed by atoms with Gasteiger partial charge in [0.2, 0.25) is 0 Å². The van der Waals surface area contributed by atoms with Crippen LogP contribution in [-0.4, -0.2) is 23.2 Å². The summed E-state index contributed by atoms with van der Waals surface area (Å²) in [5.41, 5.74) is 0.0240. The fourth-order valence-corrected chi connectivity index (χ4v) is 2.64. The van der Waals surface area contributed by atoms with E-state index in [1.165, 1.54) is 24.3 Å². The molecule has 2 aromatic carbocycles. The monoisotopic (exact) mass is 388 g/mol. The summed E-state index contributed by atoms with van der Waals surface area (Å²) in [5, 5.41) is 13.1. The third-order valence-electron chi connectivity index (χ3n) is 2.86. The van der Waals surface area contributed by atoms with Gasteiger partial charge in [0.1, 0.15) is 5.75 Å². The molecule has 0 bridgehead atoms. The minimum Gasteiger partial charge on any atom is -0.482 e. The lowest BCUT2D eigenvalue weighted by Gasteiger charge is -2.11. The number of thioether (sulfide) groups is 1. The maximum atomic E-state index is 12.5. The molecule has 1 amide bonds. The molecule has 6 nitrogen and oxygen atoms in total. The average Bonchev–Trinajstić information content (AvgIpc) is 2.55. The zero-order valence-electron chi connectivity index (χ0n) is 12.4. The number of halogens is 3. The summed E-state index contributed by atoms with van der Waals surface area (Å²) in [5.74, 6) is -3.11. The molecule has 2 rings (SSSR count). The van der Waals surface area contributed by atoms with Gasteiger partial charge in [0.25, 0.3) is 17.4 Å². The Morgan fingerprint density at radius 2 is 2.04 bits per heavy atom. The average molecular weight is 389 g/mol. The van der Waals surface area contributed by atoms with Crippen molar-refractivity contribution in [3.63, 3.8) is 0 Å².